The lowest BCUT2D eigenvalue weighted by atomic mass is 10.1. The van der Waals surface area contributed by atoms with E-state index in [0.717, 1.165) is 32.0 Å². The average molecular weight is 478 g/mol. The number of carbonyl (C=O) groups excluding carboxylic acids is 1. The standard InChI is InChI=1S/C21H17F2N3O2S3/c22-12-9-14(23)19-17(10-12)30-20(25-19)28-13-5-7-26(8-6-13)18(27)11-29-21-24-15-3-1-2-4-16(15)31-21/h1-4,9-10,13H,5-8,11H2. The second-order valence-electron chi connectivity index (χ2n) is 7.15. The molecule has 0 spiro atoms. The van der Waals surface area contributed by atoms with Crippen LogP contribution in [0, 0.1) is 11.6 Å². The lowest BCUT2D eigenvalue weighted by Crippen LogP contribution is -2.42. The topological polar surface area (TPSA) is 55.3 Å². The average Bonchev–Trinajstić information content (AvgIpc) is 3.36. The molecule has 5 rings (SSSR count). The molecule has 0 N–H and O–H groups in total. The summed E-state index contributed by atoms with van der Waals surface area (Å²) in [7, 11) is 0. The van der Waals surface area contributed by atoms with Crippen LogP contribution in [0.4, 0.5) is 8.78 Å². The SMILES string of the molecule is O=C(CSc1nc2ccccc2s1)N1CCC(Oc2nc3c(F)cc(F)cc3s2)CC1. The number of halogens is 2. The van der Waals surface area contributed by atoms with Crippen molar-refractivity contribution in [2.45, 2.75) is 23.3 Å². The minimum absolute atomic E-state index is 0.0836. The molecule has 0 aliphatic carbocycles. The smallest absolute Gasteiger partial charge is 0.274 e. The van der Waals surface area contributed by atoms with E-state index in [-0.39, 0.29) is 17.5 Å². The van der Waals surface area contributed by atoms with Crippen LogP contribution in [0.25, 0.3) is 20.4 Å². The van der Waals surface area contributed by atoms with Crippen molar-refractivity contribution in [3.63, 3.8) is 0 Å². The minimum atomic E-state index is -0.688. The Morgan fingerprint density at radius 3 is 2.74 bits per heavy atom. The van der Waals surface area contributed by atoms with Crippen LogP contribution < -0.4 is 4.74 Å². The van der Waals surface area contributed by atoms with Gasteiger partial charge in [0.2, 0.25) is 5.91 Å². The molecular formula is C21H17F2N3O2S3. The van der Waals surface area contributed by atoms with E-state index in [1.54, 1.807) is 11.3 Å². The Morgan fingerprint density at radius 2 is 1.94 bits per heavy atom. The number of thioether (sulfide) groups is 1. The zero-order chi connectivity index (χ0) is 21.4. The molecule has 2 aromatic heterocycles. The van der Waals surface area contributed by atoms with Gasteiger partial charge in [-0.05, 0) is 18.2 Å². The number of nitrogens with zero attached hydrogens (tertiary/aromatic N) is 3. The summed E-state index contributed by atoms with van der Waals surface area (Å²) >= 11 is 4.19. The van der Waals surface area contributed by atoms with Gasteiger partial charge in [0.1, 0.15) is 17.4 Å². The van der Waals surface area contributed by atoms with Crippen molar-refractivity contribution in [2.75, 3.05) is 18.8 Å². The van der Waals surface area contributed by atoms with Crippen LogP contribution in [0.3, 0.4) is 0 Å². The van der Waals surface area contributed by atoms with E-state index >= 15 is 0 Å². The summed E-state index contributed by atoms with van der Waals surface area (Å²) in [6.07, 6.45) is 1.24. The molecule has 0 unspecified atom stereocenters. The molecule has 5 nitrogen and oxygen atoms in total. The van der Waals surface area contributed by atoms with Crippen LogP contribution in [0.15, 0.2) is 40.7 Å². The van der Waals surface area contributed by atoms with Gasteiger partial charge in [0.25, 0.3) is 5.19 Å². The quantitative estimate of drug-likeness (QED) is 0.363. The highest BCUT2D eigenvalue weighted by Gasteiger charge is 2.25. The largest absolute Gasteiger partial charge is 0.467 e. The predicted molar refractivity (Wildman–Crippen MR) is 120 cm³/mol. The number of carbonyl (C=O) groups is 1. The lowest BCUT2D eigenvalue weighted by Gasteiger charge is -2.31. The normalized spacial score (nSPS) is 15.1. The maximum absolute atomic E-state index is 13.8. The number of rotatable bonds is 5. The number of hydrogen-bond acceptors (Lipinski definition) is 7. The monoisotopic (exact) mass is 477 g/mol. The van der Waals surface area contributed by atoms with Crippen molar-refractivity contribution in [2.24, 2.45) is 0 Å². The molecule has 1 fully saturated rings. The number of aromatic nitrogens is 2. The van der Waals surface area contributed by atoms with Crippen molar-refractivity contribution in [3.8, 4) is 5.19 Å². The Bertz CT molecular complexity index is 1220. The molecule has 1 aliphatic rings. The number of ether oxygens (including phenoxy) is 1. The van der Waals surface area contributed by atoms with Gasteiger partial charge >= 0.3 is 0 Å². The first kappa shape index (κ1) is 20.6. The Labute approximate surface area is 189 Å². The third kappa shape index (κ3) is 4.51. The summed E-state index contributed by atoms with van der Waals surface area (Å²) in [4.78, 5) is 23.1. The first-order chi connectivity index (χ1) is 15.0. The third-order valence-corrected chi connectivity index (χ3v) is 8.11. The second-order valence-corrected chi connectivity index (χ2v) is 10.4. The lowest BCUT2D eigenvalue weighted by molar-refractivity contribution is -0.130. The van der Waals surface area contributed by atoms with Crippen molar-refractivity contribution in [1.82, 2.24) is 14.9 Å². The van der Waals surface area contributed by atoms with Crippen LogP contribution in [0.2, 0.25) is 0 Å². The zero-order valence-electron chi connectivity index (χ0n) is 16.2. The fourth-order valence-corrected chi connectivity index (χ4v) is 6.37. The van der Waals surface area contributed by atoms with Crippen LogP contribution in [-0.4, -0.2) is 45.7 Å². The van der Waals surface area contributed by atoms with Crippen LogP contribution in [0.5, 0.6) is 5.19 Å². The fraction of sp³-hybridized carbons (Fsp3) is 0.286. The highest BCUT2D eigenvalue weighted by Crippen LogP contribution is 2.32. The van der Waals surface area contributed by atoms with Crippen molar-refractivity contribution in [3.05, 3.63) is 48.0 Å². The molecule has 0 radical (unpaired) electrons. The number of hydrogen-bond donors (Lipinski definition) is 0. The van der Waals surface area contributed by atoms with E-state index in [9.17, 15) is 13.6 Å². The second kappa shape index (κ2) is 8.68. The summed E-state index contributed by atoms with van der Waals surface area (Å²) in [6.45, 7) is 1.19. The van der Waals surface area contributed by atoms with Gasteiger partial charge in [-0.3, -0.25) is 4.79 Å². The van der Waals surface area contributed by atoms with Crippen LogP contribution >= 0.6 is 34.4 Å². The highest BCUT2D eigenvalue weighted by molar-refractivity contribution is 8.01. The fourth-order valence-electron chi connectivity index (χ4n) is 3.48. The third-order valence-electron chi connectivity index (χ3n) is 5.05. The molecule has 0 bridgehead atoms. The van der Waals surface area contributed by atoms with Crippen molar-refractivity contribution < 1.29 is 18.3 Å². The number of para-hydroxylation sites is 1. The van der Waals surface area contributed by atoms with Gasteiger partial charge in [-0.15, -0.1) is 11.3 Å². The van der Waals surface area contributed by atoms with E-state index in [0.29, 0.717) is 41.6 Å². The Kier molecular flexibility index (Phi) is 5.77. The van der Waals surface area contributed by atoms with E-state index < -0.39 is 11.6 Å². The summed E-state index contributed by atoms with van der Waals surface area (Å²) < 4.78 is 35.5. The molecule has 2 aromatic carbocycles. The summed E-state index contributed by atoms with van der Waals surface area (Å²) in [5.41, 5.74) is 1.08. The van der Waals surface area contributed by atoms with Gasteiger partial charge in [-0.25, -0.2) is 13.8 Å². The molecule has 10 heteroatoms. The molecule has 1 saturated heterocycles. The maximum Gasteiger partial charge on any atom is 0.274 e. The van der Waals surface area contributed by atoms with Gasteiger partial charge in [0, 0.05) is 32.0 Å². The summed E-state index contributed by atoms with van der Waals surface area (Å²) in [5.74, 6) is -0.878. The first-order valence-electron chi connectivity index (χ1n) is 9.73. The highest BCUT2D eigenvalue weighted by atomic mass is 32.2. The van der Waals surface area contributed by atoms with Crippen molar-refractivity contribution >= 4 is 60.8 Å². The molecular weight excluding hydrogens is 460 g/mol. The number of likely N-dealkylation sites (tertiary alicyclic amines) is 1. The van der Waals surface area contributed by atoms with Gasteiger partial charge in [0.15, 0.2) is 10.2 Å². The number of piperidine rings is 1. The molecule has 1 amide bonds. The number of fused-ring (bicyclic) bond motifs is 2. The zero-order valence-corrected chi connectivity index (χ0v) is 18.7. The Hall–Kier alpha value is -2.30. The molecule has 3 heterocycles. The first-order valence-corrected chi connectivity index (χ1v) is 12.4. The van der Waals surface area contributed by atoms with Gasteiger partial charge in [-0.1, -0.05) is 35.2 Å². The molecule has 4 aromatic rings. The molecule has 160 valence electrons. The maximum atomic E-state index is 13.8. The van der Waals surface area contributed by atoms with Gasteiger partial charge < -0.3 is 9.64 Å². The number of amides is 1. The van der Waals surface area contributed by atoms with E-state index in [2.05, 4.69) is 9.97 Å². The van der Waals surface area contributed by atoms with E-state index in [1.165, 1.54) is 17.8 Å². The van der Waals surface area contributed by atoms with Crippen LogP contribution in [-0.2, 0) is 4.79 Å². The minimum Gasteiger partial charge on any atom is -0.467 e. The summed E-state index contributed by atoms with van der Waals surface area (Å²) in [6, 6.07) is 10.0. The van der Waals surface area contributed by atoms with E-state index in [1.807, 2.05) is 29.2 Å². The molecule has 31 heavy (non-hydrogen) atoms. The molecule has 1 aliphatic heterocycles. The Balaban J connectivity index is 1.14. The Morgan fingerprint density at radius 1 is 1.13 bits per heavy atom. The molecule has 0 saturated carbocycles. The van der Waals surface area contributed by atoms with Gasteiger partial charge in [-0.2, -0.15) is 4.98 Å². The molecule has 0 atom stereocenters. The predicted octanol–water partition coefficient (Wildman–Crippen LogP) is 5.35. The number of benzene rings is 2. The van der Waals surface area contributed by atoms with Crippen LogP contribution in [0.1, 0.15) is 12.8 Å². The number of thiazole rings is 2. The summed E-state index contributed by atoms with van der Waals surface area (Å²) in [5, 5.41) is 0.329. The van der Waals surface area contributed by atoms with Gasteiger partial charge in [0.05, 0.1) is 20.7 Å². The van der Waals surface area contributed by atoms with E-state index in [4.69, 9.17) is 4.74 Å². The van der Waals surface area contributed by atoms with Crippen molar-refractivity contribution in [1.29, 1.82) is 0 Å².